The van der Waals surface area contributed by atoms with Crippen molar-refractivity contribution >= 4 is 17.8 Å². The number of ether oxygens (including phenoxy) is 2. The fourth-order valence-electron chi connectivity index (χ4n) is 10.3. The van der Waals surface area contributed by atoms with E-state index >= 15 is 0 Å². The van der Waals surface area contributed by atoms with Gasteiger partial charge in [0.15, 0.2) is 0 Å². The highest BCUT2D eigenvalue weighted by Crippen LogP contribution is 2.23. The van der Waals surface area contributed by atoms with E-state index in [2.05, 4.69) is 70.3 Å². The Hall–Kier alpha value is -1.67. The standard InChI is InChI=1S/C62H123N3O5/c1-9-15-21-26-27-32-44-58(43-31-23-17-11-3)56-70-62(68)49-36-29-34-46-59(45-33-28-35-48-61(67)69-55-57(41-20-14-6)42-30-22-16-10-2)64(54-40-50-63(7)8)53-39-47-60(66)65(51-37-24-18-12-4)52-38-25-19-13-5/h57-59H,9-56H2,1-8H3. The maximum absolute atomic E-state index is 13.8. The molecule has 0 aliphatic heterocycles. The van der Waals surface area contributed by atoms with Gasteiger partial charge in [0.2, 0.25) is 5.91 Å². The van der Waals surface area contributed by atoms with Gasteiger partial charge in [0, 0.05) is 38.4 Å². The van der Waals surface area contributed by atoms with Crippen LogP contribution >= 0.6 is 0 Å². The fraction of sp³-hybridized carbons (Fsp3) is 0.952. The van der Waals surface area contributed by atoms with Gasteiger partial charge in [-0.05, 0) is 123 Å². The Labute approximate surface area is 437 Å². The van der Waals surface area contributed by atoms with Gasteiger partial charge in [0.25, 0.3) is 0 Å². The molecule has 0 heterocycles. The van der Waals surface area contributed by atoms with Gasteiger partial charge in [-0.1, -0.05) is 208 Å². The number of hydrogen-bond donors (Lipinski definition) is 0. The fourth-order valence-corrected chi connectivity index (χ4v) is 10.3. The zero-order chi connectivity index (χ0) is 51.6. The summed E-state index contributed by atoms with van der Waals surface area (Å²) in [4.78, 5) is 47.0. The van der Waals surface area contributed by atoms with Crippen molar-refractivity contribution < 1.29 is 23.9 Å². The third kappa shape index (κ3) is 43.9. The van der Waals surface area contributed by atoms with Crippen LogP contribution in [-0.4, -0.2) is 98.6 Å². The highest BCUT2D eigenvalue weighted by Gasteiger charge is 2.21. The van der Waals surface area contributed by atoms with E-state index in [1.54, 1.807) is 0 Å². The number of carbonyl (C=O) groups is 3. The molecule has 0 aliphatic rings. The second kappa shape index (κ2) is 52.2. The van der Waals surface area contributed by atoms with Crippen molar-refractivity contribution in [1.29, 1.82) is 0 Å². The summed E-state index contributed by atoms with van der Waals surface area (Å²) in [6.07, 6.45) is 46.5. The quantitative estimate of drug-likeness (QED) is 0.0444. The summed E-state index contributed by atoms with van der Waals surface area (Å²) < 4.78 is 11.9. The zero-order valence-electron chi connectivity index (χ0n) is 48.6. The Balaban J connectivity index is 5.65. The highest BCUT2D eigenvalue weighted by molar-refractivity contribution is 5.76. The molecule has 0 rings (SSSR count). The lowest BCUT2D eigenvalue weighted by Crippen LogP contribution is -2.39. The molecular weight excluding hydrogens is 867 g/mol. The molecule has 70 heavy (non-hydrogen) atoms. The van der Waals surface area contributed by atoms with Crippen LogP contribution in [0.3, 0.4) is 0 Å². The lowest BCUT2D eigenvalue weighted by atomic mass is 9.95. The number of amides is 1. The molecule has 1 amide bonds. The Morgan fingerprint density at radius 1 is 0.343 bits per heavy atom. The maximum atomic E-state index is 13.8. The highest BCUT2D eigenvalue weighted by atomic mass is 16.5. The molecule has 3 atom stereocenters. The molecule has 0 spiro atoms. The SMILES string of the molecule is CCCCCCCCC(CCCCCC)COC(=O)CCCCCC(CCCCCC(=O)OCC(CCCC)CCCCCC)N(CCCC(=O)N(CCCCCC)CCCCCC)CCCN(C)C. The van der Waals surface area contributed by atoms with E-state index in [0.717, 1.165) is 116 Å². The van der Waals surface area contributed by atoms with Crippen molar-refractivity contribution in [2.75, 3.05) is 60.0 Å². The molecule has 0 bridgehead atoms. The molecule has 0 saturated carbocycles. The van der Waals surface area contributed by atoms with Crippen molar-refractivity contribution in [3.63, 3.8) is 0 Å². The molecule has 0 radical (unpaired) electrons. The van der Waals surface area contributed by atoms with Gasteiger partial charge in [-0.25, -0.2) is 0 Å². The van der Waals surface area contributed by atoms with Gasteiger partial charge in [-0.15, -0.1) is 0 Å². The van der Waals surface area contributed by atoms with Crippen molar-refractivity contribution in [2.24, 2.45) is 11.8 Å². The lowest BCUT2D eigenvalue weighted by molar-refractivity contribution is -0.146. The zero-order valence-corrected chi connectivity index (χ0v) is 48.6. The number of rotatable bonds is 55. The van der Waals surface area contributed by atoms with E-state index in [1.807, 2.05) is 0 Å². The van der Waals surface area contributed by atoms with Crippen LogP contribution in [0, 0.1) is 11.8 Å². The summed E-state index contributed by atoms with van der Waals surface area (Å²) in [6, 6.07) is 0.429. The summed E-state index contributed by atoms with van der Waals surface area (Å²) in [6.45, 7) is 19.6. The monoisotopic (exact) mass is 990 g/mol. The average molecular weight is 991 g/mol. The van der Waals surface area contributed by atoms with Gasteiger partial charge in [-0.2, -0.15) is 0 Å². The summed E-state index contributed by atoms with van der Waals surface area (Å²) in [5.74, 6) is 1.30. The molecule has 0 N–H and O–H groups in total. The molecule has 0 aromatic carbocycles. The van der Waals surface area contributed by atoms with E-state index in [9.17, 15) is 14.4 Å². The molecule has 0 saturated heterocycles. The lowest BCUT2D eigenvalue weighted by Gasteiger charge is -2.33. The second-order valence-corrected chi connectivity index (χ2v) is 22.1. The summed E-state index contributed by atoms with van der Waals surface area (Å²) >= 11 is 0. The first-order valence-electron chi connectivity index (χ1n) is 31.1. The second-order valence-electron chi connectivity index (χ2n) is 22.1. The summed E-state index contributed by atoms with van der Waals surface area (Å²) in [5, 5.41) is 0. The van der Waals surface area contributed by atoms with Crippen LogP contribution in [0.2, 0.25) is 0 Å². The molecule has 0 aromatic rings. The minimum atomic E-state index is -0.0230. The summed E-state index contributed by atoms with van der Waals surface area (Å²) in [5.41, 5.74) is 0. The first-order chi connectivity index (χ1) is 34.1. The predicted molar refractivity (Wildman–Crippen MR) is 303 cm³/mol. The molecule has 416 valence electrons. The Morgan fingerprint density at radius 3 is 1.14 bits per heavy atom. The van der Waals surface area contributed by atoms with Crippen molar-refractivity contribution in [3.05, 3.63) is 0 Å². The van der Waals surface area contributed by atoms with Crippen LogP contribution in [0.5, 0.6) is 0 Å². The van der Waals surface area contributed by atoms with Crippen LogP contribution < -0.4 is 0 Å². The third-order valence-electron chi connectivity index (χ3n) is 15.0. The normalized spacial score (nSPS) is 13.0. The minimum absolute atomic E-state index is 0.0141. The van der Waals surface area contributed by atoms with Gasteiger partial charge in [0.1, 0.15) is 0 Å². The topological polar surface area (TPSA) is 79.4 Å². The van der Waals surface area contributed by atoms with E-state index in [-0.39, 0.29) is 11.9 Å². The van der Waals surface area contributed by atoms with Crippen LogP contribution in [0.25, 0.3) is 0 Å². The van der Waals surface area contributed by atoms with Gasteiger partial charge >= 0.3 is 11.9 Å². The first-order valence-corrected chi connectivity index (χ1v) is 31.1. The van der Waals surface area contributed by atoms with E-state index in [1.165, 1.54) is 161 Å². The van der Waals surface area contributed by atoms with Gasteiger partial charge in [-0.3, -0.25) is 14.4 Å². The maximum Gasteiger partial charge on any atom is 0.305 e. The molecule has 0 fully saturated rings. The molecule has 8 heteroatoms. The van der Waals surface area contributed by atoms with Crippen molar-refractivity contribution in [1.82, 2.24) is 14.7 Å². The number of esters is 2. The molecule has 3 unspecified atom stereocenters. The van der Waals surface area contributed by atoms with Crippen LogP contribution in [0.1, 0.15) is 305 Å². The Kier molecular flexibility index (Phi) is 51.0. The molecule has 8 nitrogen and oxygen atoms in total. The van der Waals surface area contributed by atoms with Gasteiger partial charge < -0.3 is 24.2 Å². The van der Waals surface area contributed by atoms with Crippen LogP contribution in [0.15, 0.2) is 0 Å². The van der Waals surface area contributed by atoms with Crippen molar-refractivity contribution in [2.45, 2.75) is 311 Å². The predicted octanol–water partition coefficient (Wildman–Crippen LogP) is 17.5. The number of hydrogen-bond acceptors (Lipinski definition) is 7. The number of unbranched alkanes of at least 4 members (excludes halogenated alkanes) is 22. The Morgan fingerprint density at radius 2 is 0.700 bits per heavy atom. The minimum Gasteiger partial charge on any atom is -0.465 e. The van der Waals surface area contributed by atoms with Crippen molar-refractivity contribution in [3.8, 4) is 0 Å². The van der Waals surface area contributed by atoms with E-state index in [4.69, 9.17) is 9.47 Å². The third-order valence-corrected chi connectivity index (χ3v) is 15.0. The van der Waals surface area contributed by atoms with Gasteiger partial charge in [0.05, 0.1) is 13.2 Å². The number of carbonyl (C=O) groups excluding carboxylic acids is 3. The largest absolute Gasteiger partial charge is 0.465 e. The molecule has 0 aromatic heterocycles. The van der Waals surface area contributed by atoms with E-state index < -0.39 is 0 Å². The molecule has 0 aliphatic carbocycles. The Bertz CT molecular complexity index is 1120. The van der Waals surface area contributed by atoms with Crippen LogP contribution in [0.4, 0.5) is 0 Å². The average Bonchev–Trinajstić information content (AvgIpc) is 3.35. The first kappa shape index (κ1) is 68.3. The smallest absolute Gasteiger partial charge is 0.305 e. The summed E-state index contributed by atoms with van der Waals surface area (Å²) in [7, 11) is 4.32. The molecular formula is C62H123N3O5. The van der Waals surface area contributed by atoms with E-state index in [0.29, 0.717) is 56.3 Å². The van der Waals surface area contributed by atoms with Crippen LogP contribution in [-0.2, 0) is 23.9 Å². The number of nitrogens with zero attached hydrogens (tertiary/aromatic N) is 3.